The van der Waals surface area contributed by atoms with Crippen LogP contribution in [-0.2, 0) is 30.5 Å². The van der Waals surface area contributed by atoms with Gasteiger partial charge >= 0.3 is 17.9 Å². The Labute approximate surface area is 317 Å². The smallest absolute Gasteiger partial charge is 0.317 e. The minimum atomic E-state index is -1.16. The zero-order valence-electron chi connectivity index (χ0n) is 33.6. The molecule has 8 unspecified atom stereocenters. The van der Waals surface area contributed by atoms with E-state index in [-0.39, 0.29) is 46.6 Å². The molecule has 0 spiro atoms. The summed E-state index contributed by atoms with van der Waals surface area (Å²) in [6.45, 7) is 18.4. The fourth-order valence-corrected chi connectivity index (χ4v) is 13.2. The Balaban J connectivity index is 1.24. The number of ketones is 1. The van der Waals surface area contributed by atoms with Gasteiger partial charge in [0.05, 0.1) is 18.4 Å². The van der Waals surface area contributed by atoms with Gasteiger partial charge in [0, 0.05) is 23.8 Å². The number of carbonyl (C=O) groups is 4. The lowest BCUT2D eigenvalue weighted by molar-refractivity contribution is -0.214. The molecule has 8 atom stereocenters. The van der Waals surface area contributed by atoms with Crippen LogP contribution in [0, 0.1) is 56.7 Å². The van der Waals surface area contributed by atoms with Gasteiger partial charge < -0.3 is 14.9 Å². The number of rotatable bonds is 12. The van der Waals surface area contributed by atoms with Crippen molar-refractivity contribution in [2.75, 3.05) is 13.1 Å². The molecule has 0 aliphatic heterocycles. The van der Waals surface area contributed by atoms with Crippen molar-refractivity contribution in [3.63, 3.8) is 0 Å². The molecule has 0 bridgehead atoms. The molecule has 4 fully saturated rings. The van der Waals surface area contributed by atoms with Gasteiger partial charge in [0.2, 0.25) is 0 Å². The lowest BCUT2D eigenvalue weighted by atomic mass is 9.36. The van der Waals surface area contributed by atoms with Gasteiger partial charge in [-0.2, -0.15) is 0 Å². The number of carboxylic acid groups (broad SMARTS) is 2. The highest BCUT2D eigenvalue weighted by Gasteiger charge is 2.66. The first kappa shape index (κ1) is 39.7. The van der Waals surface area contributed by atoms with Gasteiger partial charge in [0.1, 0.15) is 6.10 Å². The molecule has 1 aromatic carbocycles. The Morgan fingerprint density at radius 1 is 0.906 bits per heavy atom. The Morgan fingerprint density at radius 2 is 1.58 bits per heavy atom. The molecule has 8 heteroatoms. The number of ether oxygens (including phenoxy) is 1. The average molecular weight is 732 g/mol. The van der Waals surface area contributed by atoms with Crippen LogP contribution in [0.4, 0.5) is 0 Å². The third-order valence-corrected chi connectivity index (χ3v) is 15.6. The summed E-state index contributed by atoms with van der Waals surface area (Å²) < 4.78 is 6.15. The highest BCUT2D eigenvalue weighted by Crippen LogP contribution is 2.73. The second kappa shape index (κ2) is 14.3. The maximum absolute atomic E-state index is 14.0. The van der Waals surface area contributed by atoms with E-state index in [1.54, 1.807) is 13.8 Å². The molecule has 6 rings (SSSR count). The Kier molecular flexibility index (Phi) is 10.7. The maximum Gasteiger partial charge on any atom is 0.317 e. The number of carbonyl (C=O) groups excluding carboxylic acids is 2. The van der Waals surface area contributed by atoms with Gasteiger partial charge in [-0.15, -0.1) is 0 Å². The summed E-state index contributed by atoms with van der Waals surface area (Å²) in [6, 6.07) is 10.1. The lowest BCUT2D eigenvalue weighted by Crippen LogP contribution is -2.63. The molecule has 0 aromatic heterocycles. The van der Waals surface area contributed by atoms with E-state index in [0.29, 0.717) is 49.0 Å². The second-order valence-corrected chi connectivity index (χ2v) is 19.9. The average Bonchev–Trinajstić information content (AvgIpc) is 3.37. The van der Waals surface area contributed by atoms with Gasteiger partial charge in [-0.25, -0.2) is 0 Å². The molecule has 2 N–H and O–H groups in total. The molecular weight excluding hydrogens is 666 g/mol. The fourth-order valence-electron chi connectivity index (χ4n) is 13.2. The maximum atomic E-state index is 14.0. The van der Waals surface area contributed by atoms with Crippen molar-refractivity contribution in [3.8, 4) is 0 Å². The molecule has 0 saturated heterocycles. The van der Waals surface area contributed by atoms with Gasteiger partial charge in [0.25, 0.3) is 0 Å². The molecule has 1 aromatic rings. The predicted octanol–water partition coefficient (Wildman–Crippen LogP) is 8.97. The summed E-state index contributed by atoms with van der Waals surface area (Å²) in [6.07, 6.45) is 9.24. The number of benzene rings is 1. The molecule has 0 amide bonds. The number of aliphatic carboxylic acids is 2. The summed E-state index contributed by atoms with van der Waals surface area (Å²) >= 11 is 0. The van der Waals surface area contributed by atoms with Crippen molar-refractivity contribution in [2.24, 2.45) is 56.7 Å². The van der Waals surface area contributed by atoms with Crippen molar-refractivity contribution in [2.45, 2.75) is 139 Å². The standard InChI is InChI=1S/C45H65NO7/c1-28(2)38-32(47)24-45(22-23-46(27-36(48)49)26-29-12-10-9-11-13-29)21-16-31-30(39(38)45)14-15-34-43(31,7)19-17-33-42(5,6)35(18-20-44(33,34)8)53-37(50)25-41(3,4)40(51)52/h9-13,28,30-31,33-35H,14-27H2,1-8H3,(H,48,49)(H,51,52). The van der Waals surface area contributed by atoms with Gasteiger partial charge in [-0.3, -0.25) is 24.1 Å². The van der Waals surface area contributed by atoms with E-state index in [1.165, 1.54) is 5.57 Å². The van der Waals surface area contributed by atoms with Crippen molar-refractivity contribution in [3.05, 3.63) is 47.0 Å². The van der Waals surface area contributed by atoms with Crippen LogP contribution in [0.25, 0.3) is 0 Å². The summed E-state index contributed by atoms with van der Waals surface area (Å²) in [7, 11) is 0. The van der Waals surface area contributed by atoms with E-state index in [0.717, 1.165) is 68.9 Å². The zero-order valence-corrected chi connectivity index (χ0v) is 33.6. The first-order chi connectivity index (χ1) is 24.7. The van der Waals surface area contributed by atoms with Crippen LogP contribution in [0.5, 0.6) is 0 Å². The van der Waals surface area contributed by atoms with E-state index in [1.807, 2.05) is 18.2 Å². The molecule has 292 valence electrons. The van der Waals surface area contributed by atoms with Gasteiger partial charge in [-0.05, 0) is 130 Å². The van der Waals surface area contributed by atoms with Crippen molar-refractivity contribution in [1.82, 2.24) is 4.90 Å². The number of esters is 1. The number of Topliss-reactive ketones (excluding diaryl/α,β-unsaturated/α-hetero) is 1. The molecule has 53 heavy (non-hydrogen) atoms. The van der Waals surface area contributed by atoms with E-state index in [9.17, 15) is 29.4 Å². The molecular formula is C45H65NO7. The van der Waals surface area contributed by atoms with Gasteiger partial charge in [0.15, 0.2) is 5.78 Å². The Morgan fingerprint density at radius 3 is 2.23 bits per heavy atom. The first-order valence-electron chi connectivity index (χ1n) is 20.4. The Hall–Kier alpha value is -3.00. The summed E-state index contributed by atoms with van der Waals surface area (Å²) in [5.41, 5.74) is 2.24. The van der Waals surface area contributed by atoms with E-state index >= 15 is 0 Å². The molecule has 5 aliphatic rings. The van der Waals surface area contributed by atoms with Crippen LogP contribution in [0.2, 0.25) is 0 Å². The number of hydrogen-bond donors (Lipinski definition) is 2. The minimum absolute atomic E-state index is 0.0166. The third kappa shape index (κ3) is 7.04. The highest BCUT2D eigenvalue weighted by atomic mass is 16.5. The third-order valence-electron chi connectivity index (χ3n) is 15.6. The number of nitrogens with zero attached hydrogens (tertiary/aromatic N) is 1. The Bertz CT molecular complexity index is 1630. The quantitative estimate of drug-likeness (QED) is 0.205. The number of fused-ring (bicyclic) bond motifs is 7. The van der Waals surface area contributed by atoms with Gasteiger partial charge in [-0.1, -0.05) is 77.4 Å². The lowest BCUT2D eigenvalue weighted by Gasteiger charge is -2.69. The number of allylic oxidation sites excluding steroid dienone is 2. The van der Waals surface area contributed by atoms with Crippen LogP contribution < -0.4 is 0 Å². The van der Waals surface area contributed by atoms with Crippen LogP contribution in [0.1, 0.15) is 132 Å². The minimum Gasteiger partial charge on any atom is -0.481 e. The summed E-state index contributed by atoms with van der Waals surface area (Å²) in [5, 5.41) is 19.4. The van der Waals surface area contributed by atoms with E-state index in [2.05, 4.69) is 58.6 Å². The van der Waals surface area contributed by atoms with Crippen LogP contribution in [-0.4, -0.2) is 58.0 Å². The highest BCUT2D eigenvalue weighted by molar-refractivity contribution is 6.00. The van der Waals surface area contributed by atoms with E-state index < -0.39 is 23.3 Å². The number of carboxylic acids is 2. The molecule has 5 aliphatic carbocycles. The fraction of sp³-hybridized carbons (Fsp3) is 0.733. The molecule has 8 nitrogen and oxygen atoms in total. The van der Waals surface area contributed by atoms with Crippen molar-refractivity contribution < 1.29 is 34.1 Å². The monoisotopic (exact) mass is 731 g/mol. The molecule has 4 saturated carbocycles. The van der Waals surface area contributed by atoms with E-state index in [4.69, 9.17) is 4.74 Å². The summed E-state index contributed by atoms with van der Waals surface area (Å²) in [5.74, 6) is 0.0272. The topological polar surface area (TPSA) is 121 Å². The molecule has 0 radical (unpaired) electrons. The van der Waals surface area contributed by atoms with Crippen LogP contribution in [0.3, 0.4) is 0 Å². The van der Waals surface area contributed by atoms with Crippen molar-refractivity contribution >= 4 is 23.7 Å². The van der Waals surface area contributed by atoms with Crippen molar-refractivity contribution in [1.29, 1.82) is 0 Å². The van der Waals surface area contributed by atoms with Crippen LogP contribution >= 0.6 is 0 Å². The zero-order chi connectivity index (χ0) is 38.7. The van der Waals surface area contributed by atoms with Crippen LogP contribution in [0.15, 0.2) is 41.5 Å². The SMILES string of the molecule is CC(C)C1=C2C3CCC4C(C)(CCC5C(C)(C)C(OC(=O)CC(C)(C)C(=O)O)CCC54C)C3CCC2(CCN(CC(=O)O)Cc2ccccc2)CC1=O. The number of hydrogen-bond acceptors (Lipinski definition) is 6. The normalized spacial score (nSPS) is 35.0. The predicted molar refractivity (Wildman–Crippen MR) is 205 cm³/mol. The molecule has 0 heterocycles. The second-order valence-electron chi connectivity index (χ2n) is 19.9. The summed E-state index contributed by atoms with van der Waals surface area (Å²) in [4.78, 5) is 52.9. The first-order valence-corrected chi connectivity index (χ1v) is 20.4. The largest absolute Gasteiger partial charge is 0.481 e.